The van der Waals surface area contributed by atoms with Gasteiger partial charge in [-0.15, -0.1) is 0 Å². The lowest BCUT2D eigenvalue weighted by molar-refractivity contribution is -0.138. The molecule has 2 rings (SSSR count). The molecule has 0 aliphatic rings. The molecule has 0 saturated carbocycles. The number of rotatable bonds is 18. The van der Waals surface area contributed by atoms with Gasteiger partial charge in [0.2, 0.25) is 17.7 Å². The van der Waals surface area contributed by atoms with Gasteiger partial charge >= 0.3 is 13.8 Å². The molecule has 0 bridgehead atoms. The molecule has 2 unspecified atom stereocenters. The number of carbonyl (C=O) groups is 5. The molecule has 43 heavy (non-hydrogen) atoms. The Morgan fingerprint density at radius 2 is 1.63 bits per heavy atom. The van der Waals surface area contributed by atoms with Crippen molar-refractivity contribution in [2.45, 2.75) is 51.1 Å². The normalized spacial score (nSPS) is 12.3. The first-order valence-corrected chi connectivity index (χ1v) is 14.7. The van der Waals surface area contributed by atoms with Crippen LogP contribution in [0.2, 0.25) is 0 Å². The average molecular weight is 623 g/mol. The van der Waals surface area contributed by atoms with E-state index < -0.39 is 55.9 Å². The Kier molecular flexibility index (Phi) is 13.6. The van der Waals surface area contributed by atoms with Crippen LogP contribution in [0.1, 0.15) is 37.3 Å². The van der Waals surface area contributed by atoms with Gasteiger partial charge in [-0.2, -0.15) is 0 Å². The lowest BCUT2D eigenvalue weighted by Gasteiger charge is -2.23. The number of amides is 4. The second-order valence-corrected chi connectivity index (χ2v) is 10.6. The topological polar surface area (TPSA) is 244 Å². The van der Waals surface area contributed by atoms with Gasteiger partial charge in [-0.1, -0.05) is 24.3 Å². The highest BCUT2D eigenvalue weighted by Gasteiger charge is 2.27. The van der Waals surface area contributed by atoms with E-state index >= 15 is 0 Å². The summed E-state index contributed by atoms with van der Waals surface area (Å²) in [5.74, 6) is -3.27. The standard InChI is InChI=1S/C27H35N4O11P/c1-17(32)30-23(15-19-7-9-20(10-8-19)42-43(38,39)40)27(37)31-22(11-12-25(34)35)26(36)29-13-3-5-18-4-2-6-21(14-18)41-16-24(28)33/h2,4,6-10,14,22-23H,3,5,11-13,15-16H2,1H3,(H2,28,33)(H,29,36)(H,30,32)(H,31,37)(H,34,35)(H2,38,39,40). The number of phosphoric acid groups is 1. The highest BCUT2D eigenvalue weighted by Crippen LogP contribution is 2.37. The second kappa shape index (κ2) is 16.9. The van der Waals surface area contributed by atoms with Crippen molar-refractivity contribution in [3.05, 3.63) is 59.7 Å². The molecule has 2 aromatic carbocycles. The summed E-state index contributed by atoms with van der Waals surface area (Å²) >= 11 is 0. The number of carbonyl (C=O) groups excluding carboxylic acids is 4. The van der Waals surface area contributed by atoms with Crippen molar-refractivity contribution in [3.8, 4) is 11.5 Å². The fourth-order valence-electron chi connectivity index (χ4n) is 3.90. The second-order valence-electron chi connectivity index (χ2n) is 9.47. The summed E-state index contributed by atoms with van der Waals surface area (Å²) in [6.07, 6.45) is 0.399. The molecule has 0 spiro atoms. The maximum Gasteiger partial charge on any atom is 0.524 e. The summed E-state index contributed by atoms with van der Waals surface area (Å²) in [5.41, 5.74) is 6.47. The van der Waals surface area contributed by atoms with E-state index in [-0.39, 0.29) is 31.7 Å². The molecule has 15 nitrogen and oxygen atoms in total. The molecule has 0 fully saturated rings. The molecular formula is C27H35N4O11P. The molecule has 2 aromatic rings. The number of benzene rings is 2. The Labute approximate surface area is 247 Å². The van der Waals surface area contributed by atoms with Gasteiger partial charge < -0.3 is 36.1 Å². The number of hydrogen-bond acceptors (Lipinski definition) is 8. The fraction of sp³-hybridized carbons (Fsp3) is 0.370. The van der Waals surface area contributed by atoms with E-state index in [0.717, 1.165) is 5.56 Å². The monoisotopic (exact) mass is 622 g/mol. The van der Waals surface area contributed by atoms with Crippen LogP contribution in [0.3, 0.4) is 0 Å². The first-order chi connectivity index (χ1) is 20.2. The number of phosphoric ester groups is 1. The van der Waals surface area contributed by atoms with Crippen LogP contribution in [-0.4, -0.2) is 69.7 Å². The summed E-state index contributed by atoms with van der Waals surface area (Å²) < 4.78 is 20.8. The van der Waals surface area contributed by atoms with Crippen LogP contribution >= 0.6 is 7.82 Å². The van der Waals surface area contributed by atoms with Crippen molar-refractivity contribution in [3.63, 3.8) is 0 Å². The van der Waals surface area contributed by atoms with Crippen molar-refractivity contribution in [1.29, 1.82) is 0 Å². The average Bonchev–Trinajstić information content (AvgIpc) is 2.91. The van der Waals surface area contributed by atoms with Gasteiger partial charge in [0.15, 0.2) is 6.61 Å². The third-order valence-electron chi connectivity index (χ3n) is 5.78. The molecule has 234 valence electrons. The number of aliphatic carboxylic acids is 1. The maximum atomic E-state index is 13.1. The number of nitrogens with two attached hydrogens (primary N) is 1. The van der Waals surface area contributed by atoms with E-state index in [2.05, 4.69) is 20.5 Å². The third kappa shape index (κ3) is 14.3. The van der Waals surface area contributed by atoms with Crippen LogP contribution < -0.4 is 30.9 Å². The third-order valence-corrected chi connectivity index (χ3v) is 6.23. The lowest BCUT2D eigenvalue weighted by atomic mass is 10.0. The van der Waals surface area contributed by atoms with Gasteiger partial charge in [-0.25, -0.2) is 4.57 Å². The maximum absolute atomic E-state index is 13.1. The number of carboxylic acids is 1. The van der Waals surface area contributed by atoms with Crippen LogP contribution in [0.4, 0.5) is 0 Å². The predicted octanol–water partition coefficient (Wildman–Crippen LogP) is 0.168. The van der Waals surface area contributed by atoms with Crippen molar-refractivity contribution in [2.75, 3.05) is 13.2 Å². The number of nitrogens with one attached hydrogen (secondary N) is 3. The minimum Gasteiger partial charge on any atom is -0.484 e. The van der Waals surface area contributed by atoms with Crippen LogP contribution in [-0.2, 0) is 41.4 Å². The van der Waals surface area contributed by atoms with Gasteiger partial charge in [0.25, 0.3) is 5.91 Å². The molecule has 8 N–H and O–H groups in total. The quantitative estimate of drug-likeness (QED) is 0.0872. The molecule has 0 radical (unpaired) electrons. The van der Waals surface area contributed by atoms with Crippen LogP contribution in [0.25, 0.3) is 0 Å². The van der Waals surface area contributed by atoms with Crippen LogP contribution in [0, 0.1) is 0 Å². The number of hydrogen-bond donors (Lipinski definition) is 7. The SMILES string of the molecule is CC(=O)NC(Cc1ccc(OP(=O)(O)O)cc1)C(=O)NC(CCC(=O)O)C(=O)NCCCc1cccc(OCC(N)=O)c1. The zero-order valence-corrected chi connectivity index (χ0v) is 24.2. The number of carboxylic acid groups (broad SMARTS) is 1. The predicted molar refractivity (Wildman–Crippen MR) is 152 cm³/mol. The first kappa shape index (κ1) is 34.7. The lowest BCUT2D eigenvalue weighted by Crippen LogP contribution is -2.54. The summed E-state index contributed by atoms with van der Waals surface area (Å²) in [4.78, 5) is 77.8. The Morgan fingerprint density at radius 1 is 0.930 bits per heavy atom. The minimum absolute atomic E-state index is 0.0446. The Bertz CT molecular complexity index is 1330. The molecule has 0 aliphatic heterocycles. The van der Waals surface area contributed by atoms with E-state index in [0.29, 0.717) is 24.2 Å². The van der Waals surface area contributed by atoms with Crippen LogP contribution in [0.5, 0.6) is 11.5 Å². The van der Waals surface area contributed by atoms with Crippen molar-refractivity contribution in [1.82, 2.24) is 16.0 Å². The van der Waals surface area contributed by atoms with Crippen molar-refractivity contribution < 1.29 is 52.7 Å². The van der Waals surface area contributed by atoms with Gasteiger partial charge in [-0.3, -0.25) is 33.8 Å². The van der Waals surface area contributed by atoms with Crippen LogP contribution in [0.15, 0.2) is 48.5 Å². The van der Waals surface area contributed by atoms with E-state index in [1.54, 1.807) is 18.2 Å². The molecule has 0 aromatic heterocycles. The molecular weight excluding hydrogens is 587 g/mol. The summed E-state index contributed by atoms with van der Waals surface area (Å²) in [5, 5.41) is 16.8. The van der Waals surface area contributed by atoms with Gasteiger partial charge in [0.05, 0.1) is 0 Å². The van der Waals surface area contributed by atoms with Gasteiger partial charge in [-0.05, 0) is 54.7 Å². The summed E-state index contributed by atoms with van der Waals surface area (Å²) in [6, 6.07) is 10.1. The Balaban J connectivity index is 2.01. The van der Waals surface area contributed by atoms with Gasteiger partial charge in [0, 0.05) is 26.3 Å². The first-order valence-electron chi connectivity index (χ1n) is 13.1. The zero-order chi connectivity index (χ0) is 32.0. The number of primary amides is 1. The van der Waals surface area contributed by atoms with Crippen molar-refractivity contribution >= 4 is 37.4 Å². The fourth-order valence-corrected chi connectivity index (χ4v) is 4.29. The van der Waals surface area contributed by atoms with Crippen molar-refractivity contribution in [2.24, 2.45) is 5.73 Å². The Morgan fingerprint density at radius 3 is 2.23 bits per heavy atom. The minimum atomic E-state index is -4.76. The molecule has 0 aliphatic carbocycles. The number of aryl methyl sites for hydroxylation is 1. The highest BCUT2D eigenvalue weighted by atomic mass is 31.2. The molecule has 16 heteroatoms. The molecule has 4 amide bonds. The van der Waals surface area contributed by atoms with Gasteiger partial charge in [0.1, 0.15) is 23.6 Å². The molecule has 2 atom stereocenters. The van der Waals surface area contributed by atoms with E-state index in [4.69, 9.17) is 25.4 Å². The Hall–Kier alpha value is -4.46. The highest BCUT2D eigenvalue weighted by molar-refractivity contribution is 7.46. The zero-order valence-electron chi connectivity index (χ0n) is 23.4. The summed E-state index contributed by atoms with van der Waals surface area (Å²) in [6.45, 7) is 1.15. The molecule has 0 heterocycles. The van der Waals surface area contributed by atoms with E-state index in [1.807, 2.05) is 6.07 Å². The van der Waals surface area contributed by atoms with E-state index in [1.165, 1.54) is 31.2 Å². The smallest absolute Gasteiger partial charge is 0.484 e. The summed E-state index contributed by atoms with van der Waals surface area (Å²) in [7, 11) is -4.76. The number of ether oxygens (including phenoxy) is 1. The molecule has 0 saturated heterocycles. The largest absolute Gasteiger partial charge is 0.524 e. The van der Waals surface area contributed by atoms with E-state index in [9.17, 15) is 28.5 Å².